The highest BCUT2D eigenvalue weighted by Gasteiger charge is 1.71. The zero-order valence-electron chi connectivity index (χ0n) is 7.92. The van der Waals surface area contributed by atoms with E-state index in [2.05, 4.69) is 0 Å². The first kappa shape index (κ1) is 49.9. The zero-order valence-corrected chi connectivity index (χ0v) is 25.2. The van der Waals surface area contributed by atoms with Crippen LogP contribution in [-0.2, 0) is 0 Å². The molecule has 0 saturated heterocycles. The van der Waals surface area contributed by atoms with E-state index in [1.54, 1.807) is 0 Å². The highest BCUT2D eigenvalue weighted by molar-refractivity contribution is 1.74. The fourth-order valence-corrected chi connectivity index (χ4v) is 0. The lowest BCUT2D eigenvalue weighted by Crippen LogP contribution is -4.05. The van der Waals surface area contributed by atoms with Crippen molar-refractivity contribution < 1.29 is 221 Å². The van der Waals surface area contributed by atoms with Gasteiger partial charge in [-0.3, -0.25) is 0 Å². The number of hydrogen-bond donors (Lipinski definition) is 0. The third-order valence-electron chi connectivity index (χ3n) is 0. The van der Waals surface area contributed by atoms with E-state index in [0.717, 1.165) is 0 Å². The van der Waals surface area contributed by atoms with Gasteiger partial charge in [-0.1, -0.05) is 0 Å². The summed E-state index contributed by atoms with van der Waals surface area (Å²) < 4.78 is 103. The summed E-state index contributed by atoms with van der Waals surface area (Å²) in [7, 11) is 0. The maximum Gasteiger partial charge on any atom is 0.282 e. The van der Waals surface area contributed by atoms with Crippen molar-refractivity contribution in [3.63, 3.8) is 0 Å². The highest BCUT2D eigenvalue weighted by atomic mass is 127. The van der Waals surface area contributed by atoms with Crippen molar-refractivity contribution in [3.05, 3.63) is 0 Å². The molecule has 12 nitrogen and oxygen atoms in total. The normalized spacial score (nSPS) is 7.20. The average Bonchev–Trinajstić information content (AvgIpc) is 1.76. The van der Waals surface area contributed by atoms with Crippen LogP contribution >= 0.6 is 0 Å². The van der Waals surface area contributed by atoms with Gasteiger partial charge in [0.25, 0.3) is 84.3 Å². The second kappa shape index (κ2) is 44.1. The van der Waals surface area contributed by atoms with E-state index < -0.39 is 84.3 Å². The molecule has 0 aromatic rings. The first-order valence-electron chi connectivity index (χ1n) is 1.85. The maximum atomic E-state index is 8.57. The zero-order chi connectivity index (χ0) is 14.3. The van der Waals surface area contributed by atoms with Gasteiger partial charge in [0.05, 0.1) is 0 Å². The largest absolute Gasteiger partial charge is 1.00 e. The Hall–Kier alpha value is 5.36. The van der Waals surface area contributed by atoms with E-state index in [1.165, 1.54) is 0 Å². The molecular formula is I8O12-8. The summed E-state index contributed by atoms with van der Waals surface area (Å²) in [6, 6.07) is 0. The molecular weight excluding hydrogens is 1210 g/mol. The number of halogens is 8. The summed E-state index contributed by atoms with van der Waals surface area (Å²) in [4.78, 5) is 0. The molecule has 0 heterocycles. The van der Waals surface area contributed by atoms with Gasteiger partial charge in [0.15, 0.2) is 0 Å². The summed E-state index contributed by atoms with van der Waals surface area (Å²) in [5.74, 6) is 0. The predicted molar refractivity (Wildman–Crippen MR) is 0 cm³/mol. The first-order valence-corrected chi connectivity index (χ1v) is 12.4. The van der Waals surface area contributed by atoms with Crippen LogP contribution in [0.3, 0.4) is 0 Å². The van der Waals surface area contributed by atoms with Crippen molar-refractivity contribution >= 4 is 0 Å². The second-order valence-electron chi connectivity index (χ2n) is 0.756. The molecule has 0 rings (SSSR count). The van der Waals surface area contributed by atoms with Gasteiger partial charge in [-0.2, -0.15) is 0 Å². The van der Waals surface area contributed by atoms with Crippen LogP contribution in [0.1, 0.15) is 0 Å². The standard InChI is InChI=1S/4IO3.4HI/c4*2-1(3)4;;;;/h;;;;4*1H/q4*-1;;;;/p-4. The van der Waals surface area contributed by atoms with E-state index in [9.17, 15) is 0 Å². The molecule has 0 aliphatic heterocycles. The minimum absolute atomic E-state index is 0. The van der Waals surface area contributed by atoms with Gasteiger partial charge in [-0.15, -0.1) is 0 Å². The van der Waals surface area contributed by atoms with Crippen molar-refractivity contribution in [3.8, 4) is 0 Å². The lowest BCUT2D eigenvalue weighted by molar-refractivity contribution is -1.73. The van der Waals surface area contributed by atoms with Crippen molar-refractivity contribution in [2.75, 3.05) is 0 Å². The molecule has 0 aliphatic carbocycles. The molecule has 0 bridgehead atoms. The van der Waals surface area contributed by atoms with E-state index in [-0.39, 0.29) is 95.9 Å². The Morgan fingerprint density at radius 1 is 0.250 bits per heavy atom. The molecule has 0 unspecified atom stereocenters. The lowest BCUT2D eigenvalue weighted by Gasteiger charge is -1.84. The number of rotatable bonds is 0. The van der Waals surface area contributed by atoms with Gasteiger partial charge in [-0.05, 0) is 0 Å². The summed E-state index contributed by atoms with van der Waals surface area (Å²) in [6.45, 7) is 0. The van der Waals surface area contributed by atoms with Gasteiger partial charge in [0.2, 0.25) is 0 Å². The van der Waals surface area contributed by atoms with Crippen LogP contribution in [0, 0.1) is 0 Å². The van der Waals surface area contributed by atoms with Gasteiger partial charge in [-0.25, -0.2) is 0 Å². The minimum Gasteiger partial charge on any atom is -1.00 e. The molecule has 20 heteroatoms. The molecule has 0 aromatic heterocycles. The Morgan fingerprint density at radius 3 is 0.250 bits per heavy atom. The van der Waals surface area contributed by atoms with Crippen LogP contribution < -0.4 is 221 Å². The average molecular weight is 1210 g/mol. The molecule has 136 valence electrons. The van der Waals surface area contributed by atoms with Gasteiger partial charge in [0.1, 0.15) is 0 Å². The fourth-order valence-electron chi connectivity index (χ4n) is 0. The van der Waals surface area contributed by atoms with Crippen LogP contribution in [0.25, 0.3) is 0 Å². The van der Waals surface area contributed by atoms with E-state index in [0.29, 0.717) is 0 Å². The summed E-state index contributed by atoms with van der Waals surface area (Å²) in [6.07, 6.45) is 0. The second-order valence-corrected chi connectivity index (χ2v) is 5.07. The van der Waals surface area contributed by atoms with Crippen LogP contribution in [0.15, 0.2) is 0 Å². The predicted octanol–water partition coefficient (Wildman–Crippen LogP) is -38.2. The molecule has 0 atom stereocenters. The smallest absolute Gasteiger partial charge is 0.282 e. The molecule has 0 N–H and O–H groups in total. The Morgan fingerprint density at radius 2 is 0.250 bits per heavy atom. The molecule has 0 saturated carbocycles. The summed E-state index contributed by atoms with van der Waals surface area (Å²) in [5.41, 5.74) is 0. The van der Waals surface area contributed by atoms with Gasteiger partial charge < -0.3 is 137 Å². The van der Waals surface area contributed by atoms with Gasteiger partial charge >= 0.3 is 0 Å². The first-order chi connectivity index (χ1) is 6.93. The van der Waals surface area contributed by atoms with Crippen LogP contribution in [-0.4, -0.2) is 0 Å². The molecule has 0 amide bonds. The van der Waals surface area contributed by atoms with Crippen molar-refractivity contribution in [2.24, 2.45) is 0 Å². The Balaban J connectivity index is -0.0000000150. The van der Waals surface area contributed by atoms with Crippen molar-refractivity contribution in [1.82, 2.24) is 0 Å². The van der Waals surface area contributed by atoms with Crippen molar-refractivity contribution in [2.45, 2.75) is 0 Å². The van der Waals surface area contributed by atoms with Crippen LogP contribution in [0.2, 0.25) is 0 Å². The fraction of sp³-hybridized carbons (Fsp3) is 0. The van der Waals surface area contributed by atoms with Crippen LogP contribution in [0.4, 0.5) is 0 Å². The SMILES string of the molecule is [I-].[I-].[I-].[I-].[O-][I+2]([O-])[O-].[O-][I+2]([O-])[O-].[O-][I+2]([O-])[O-].[O-][I+2]([O-])[O-]. The van der Waals surface area contributed by atoms with Gasteiger partial charge in [0, 0.05) is 0 Å². The van der Waals surface area contributed by atoms with E-state index >= 15 is 0 Å². The Kier molecular flexibility index (Phi) is 110. The lowest BCUT2D eigenvalue weighted by atomic mass is 16.0. The third-order valence-corrected chi connectivity index (χ3v) is 0. The summed E-state index contributed by atoms with van der Waals surface area (Å²) in [5, 5.41) is 0. The molecule has 0 aliphatic rings. The quantitative estimate of drug-likeness (QED) is 0.205. The minimum atomic E-state index is -4.01. The molecule has 20 heavy (non-hydrogen) atoms. The third kappa shape index (κ3) is 407. The highest BCUT2D eigenvalue weighted by Crippen LogP contribution is -0.125. The number of hydrogen-bond acceptors (Lipinski definition) is 12. The molecule has 0 fully saturated rings. The molecule has 0 aromatic carbocycles. The van der Waals surface area contributed by atoms with Crippen molar-refractivity contribution in [1.29, 1.82) is 0 Å². The Bertz CT molecular complexity index is 62.4. The summed E-state index contributed by atoms with van der Waals surface area (Å²) >= 11 is -16.1. The van der Waals surface area contributed by atoms with Crippen LogP contribution in [0.5, 0.6) is 0 Å². The van der Waals surface area contributed by atoms with E-state index in [1.807, 2.05) is 0 Å². The topological polar surface area (TPSA) is 277 Å². The molecule has 0 radical (unpaired) electrons. The monoisotopic (exact) mass is 1210 g/mol. The Labute approximate surface area is 216 Å². The maximum absolute atomic E-state index is 8.57. The molecule has 0 spiro atoms. The van der Waals surface area contributed by atoms with E-state index in [4.69, 9.17) is 41.2 Å².